The summed E-state index contributed by atoms with van der Waals surface area (Å²) in [6, 6.07) is 5.65. The van der Waals surface area contributed by atoms with Gasteiger partial charge in [-0.1, -0.05) is 12.1 Å². The van der Waals surface area contributed by atoms with Crippen LogP contribution in [0.2, 0.25) is 0 Å². The molecule has 1 aliphatic heterocycles. The Morgan fingerprint density at radius 3 is 2.94 bits per heavy atom. The maximum Gasteiger partial charge on any atom is 0.275 e. The minimum Gasteiger partial charge on any atom is -0.350 e. The van der Waals surface area contributed by atoms with Gasteiger partial charge in [0.1, 0.15) is 0 Å². The van der Waals surface area contributed by atoms with Crippen LogP contribution in [-0.4, -0.2) is 18.8 Å². The molecule has 98 valence electrons. The van der Waals surface area contributed by atoms with E-state index in [4.69, 9.17) is 9.57 Å². The lowest BCUT2D eigenvalue weighted by molar-refractivity contribution is -0.186. The zero-order valence-electron chi connectivity index (χ0n) is 10.9. The van der Waals surface area contributed by atoms with Gasteiger partial charge >= 0.3 is 0 Å². The highest BCUT2D eigenvalue weighted by atomic mass is 16.8. The van der Waals surface area contributed by atoms with Gasteiger partial charge in [0.2, 0.25) is 0 Å². The number of benzene rings is 1. The van der Waals surface area contributed by atoms with E-state index < -0.39 is 0 Å². The van der Waals surface area contributed by atoms with Crippen molar-refractivity contribution in [2.75, 3.05) is 6.61 Å². The zero-order valence-corrected chi connectivity index (χ0v) is 10.9. The summed E-state index contributed by atoms with van der Waals surface area (Å²) >= 11 is 0. The first kappa shape index (κ1) is 13.1. The molecule has 0 aromatic heterocycles. The van der Waals surface area contributed by atoms with E-state index in [1.165, 1.54) is 0 Å². The third kappa shape index (κ3) is 3.09. The Bertz CT molecular complexity index is 425. The van der Waals surface area contributed by atoms with Gasteiger partial charge in [-0.25, -0.2) is 10.3 Å². The SMILES string of the molecule is Cc1cccc(C(=O)NO[C@H]2CCCCO2)c1C. The number of carbonyl (C=O) groups is 1. The van der Waals surface area contributed by atoms with Crippen molar-refractivity contribution in [3.63, 3.8) is 0 Å². The molecule has 0 bridgehead atoms. The van der Waals surface area contributed by atoms with Gasteiger partial charge in [0.15, 0.2) is 6.29 Å². The molecule has 1 heterocycles. The van der Waals surface area contributed by atoms with Crippen LogP contribution in [0.1, 0.15) is 40.7 Å². The maximum atomic E-state index is 12.0. The number of rotatable bonds is 3. The molecule has 1 atom stereocenters. The number of aryl methyl sites for hydroxylation is 1. The molecule has 4 heteroatoms. The van der Waals surface area contributed by atoms with E-state index in [-0.39, 0.29) is 12.2 Å². The van der Waals surface area contributed by atoms with Crippen LogP contribution < -0.4 is 5.48 Å². The molecule has 0 unspecified atom stereocenters. The van der Waals surface area contributed by atoms with E-state index in [9.17, 15) is 4.79 Å². The van der Waals surface area contributed by atoms with Crippen molar-refractivity contribution in [1.82, 2.24) is 5.48 Å². The lowest BCUT2D eigenvalue weighted by Gasteiger charge is -2.22. The van der Waals surface area contributed by atoms with Crippen LogP contribution in [0.5, 0.6) is 0 Å². The van der Waals surface area contributed by atoms with E-state index in [0.717, 1.165) is 30.4 Å². The highest BCUT2D eigenvalue weighted by molar-refractivity contribution is 5.95. The van der Waals surface area contributed by atoms with Crippen LogP contribution in [0.25, 0.3) is 0 Å². The summed E-state index contributed by atoms with van der Waals surface area (Å²) in [5.74, 6) is -0.217. The topological polar surface area (TPSA) is 47.6 Å². The molecule has 1 aliphatic rings. The van der Waals surface area contributed by atoms with E-state index in [0.29, 0.717) is 12.2 Å². The van der Waals surface area contributed by atoms with Gasteiger partial charge in [0.05, 0.1) is 0 Å². The highest BCUT2D eigenvalue weighted by Gasteiger charge is 2.17. The first-order valence-corrected chi connectivity index (χ1v) is 6.32. The summed E-state index contributed by atoms with van der Waals surface area (Å²) in [5, 5.41) is 0. The highest BCUT2D eigenvalue weighted by Crippen LogP contribution is 2.14. The van der Waals surface area contributed by atoms with Gasteiger partial charge in [-0.3, -0.25) is 4.79 Å². The van der Waals surface area contributed by atoms with E-state index in [1.54, 1.807) is 6.07 Å². The molecule has 4 nitrogen and oxygen atoms in total. The van der Waals surface area contributed by atoms with Crippen molar-refractivity contribution in [1.29, 1.82) is 0 Å². The fourth-order valence-electron chi connectivity index (χ4n) is 1.98. The number of carbonyl (C=O) groups excluding carboxylic acids is 1. The van der Waals surface area contributed by atoms with Crippen molar-refractivity contribution < 1.29 is 14.4 Å². The molecular formula is C14H19NO3. The molecule has 2 rings (SSSR count). The van der Waals surface area contributed by atoms with Crippen LogP contribution in [0.3, 0.4) is 0 Å². The number of amides is 1. The number of nitrogens with one attached hydrogen (secondary N) is 1. The molecule has 0 radical (unpaired) electrons. The third-order valence-corrected chi connectivity index (χ3v) is 3.27. The van der Waals surface area contributed by atoms with Gasteiger partial charge in [0, 0.05) is 18.6 Å². The van der Waals surface area contributed by atoms with Crippen molar-refractivity contribution in [2.24, 2.45) is 0 Å². The fourth-order valence-corrected chi connectivity index (χ4v) is 1.98. The van der Waals surface area contributed by atoms with Gasteiger partial charge in [-0.2, -0.15) is 0 Å². The number of hydroxylamine groups is 1. The molecular weight excluding hydrogens is 230 g/mol. The summed E-state index contributed by atoms with van der Waals surface area (Å²) in [6.07, 6.45) is 2.65. The molecule has 0 aliphatic carbocycles. The Hall–Kier alpha value is -1.39. The number of ether oxygens (including phenoxy) is 1. The van der Waals surface area contributed by atoms with E-state index in [2.05, 4.69) is 5.48 Å². The van der Waals surface area contributed by atoms with Crippen molar-refractivity contribution in [2.45, 2.75) is 39.4 Å². The molecule has 1 amide bonds. The van der Waals surface area contributed by atoms with Crippen molar-refractivity contribution in [3.8, 4) is 0 Å². The van der Waals surface area contributed by atoms with Crippen molar-refractivity contribution >= 4 is 5.91 Å². The second-order valence-electron chi connectivity index (χ2n) is 4.59. The molecule has 0 spiro atoms. The molecule has 0 saturated carbocycles. The predicted molar refractivity (Wildman–Crippen MR) is 68.1 cm³/mol. The fraction of sp³-hybridized carbons (Fsp3) is 0.500. The number of hydrogen-bond acceptors (Lipinski definition) is 3. The first-order valence-electron chi connectivity index (χ1n) is 6.32. The standard InChI is InChI=1S/C14H19NO3/c1-10-6-5-7-12(11(10)2)14(16)15-18-13-8-3-4-9-17-13/h5-7,13H,3-4,8-9H2,1-2H3,(H,15,16)/t13-/m0/s1. The Morgan fingerprint density at radius 2 is 2.22 bits per heavy atom. The lowest BCUT2D eigenvalue weighted by Crippen LogP contribution is -2.33. The normalized spacial score (nSPS) is 19.6. The third-order valence-electron chi connectivity index (χ3n) is 3.27. The second-order valence-corrected chi connectivity index (χ2v) is 4.59. The molecule has 18 heavy (non-hydrogen) atoms. The lowest BCUT2D eigenvalue weighted by atomic mass is 10.0. The summed E-state index contributed by atoms with van der Waals surface area (Å²) in [5.41, 5.74) is 5.19. The van der Waals surface area contributed by atoms with E-state index in [1.807, 2.05) is 26.0 Å². The number of hydrogen-bond donors (Lipinski definition) is 1. The van der Waals surface area contributed by atoms with Gasteiger partial charge in [-0.15, -0.1) is 0 Å². The average Bonchev–Trinajstić information content (AvgIpc) is 2.40. The van der Waals surface area contributed by atoms with Crippen LogP contribution >= 0.6 is 0 Å². The molecule has 1 aromatic rings. The van der Waals surface area contributed by atoms with Crippen LogP contribution in [0.4, 0.5) is 0 Å². The Balaban J connectivity index is 1.93. The Morgan fingerprint density at radius 1 is 1.39 bits per heavy atom. The van der Waals surface area contributed by atoms with Gasteiger partial charge < -0.3 is 4.74 Å². The quantitative estimate of drug-likeness (QED) is 0.837. The van der Waals surface area contributed by atoms with Crippen LogP contribution in [-0.2, 0) is 9.57 Å². The Kier molecular flexibility index (Phi) is 4.33. The first-order chi connectivity index (χ1) is 8.68. The minimum absolute atomic E-state index is 0.217. The van der Waals surface area contributed by atoms with Crippen LogP contribution in [0, 0.1) is 13.8 Å². The summed E-state index contributed by atoms with van der Waals surface area (Å²) in [6.45, 7) is 4.61. The predicted octanol–water partition coefficient (Wildman–Crippen LogP) is 2.49. The molecule has 1 aromatic carbocycles. The second kappa shape index (κ2) is 5.98. The maximum absolute atomic E-state index is 12.0. The zero-order chi connectivity index (χ0) is 13.0. The monoisotopic (exact) mass is 249 g/mol. The van der Waals surface area contributed by atoms with Crippen LogP contribution in [0.15, 0.2) is 18.2 Å². The van der Waals surface area contributed by atoms with Gasteiger partial charge in [-0.05, 0) is 43.9 Å². The summed E-state index contributed by atoms with van der Waals surface area (Å²) < 4.78 is 5.38. The van der Waals surface area contributed by atoms with E-state index >= 15 is 0 Å². The average molecular weight is 249 g/mol. The largest absolute Gasteiger partial charge is 0.350 e. The Labute approximate surface area is 107 Å². The van der Waals surface area contributed by atoms with Gasteiger partial charge in [0.25, 0.3) is 5.91 Å². The molecule has 1 saturated heterocycles. The molecule has 1 N–H and O–H groups in total. The van der Waals surface area contributed by atoms with Crippen molar-refractivity contribution in [3.05, 3.63) is 34.9 Å². The minimum atomic E-state index is -0.312. The smallest absolute Gasteiger partial charge is 0.275 e. The summed E-state index contributed by atoms with van der Waals surface area (Å²) in [7, 11) is 0. The summed E-state index contributed by atoms with van der Waals surface area (Å²) in [4.78, 5) is 17.2. The molecule has 1 fully saturated rings.